The maximum absolute atomic E-state index is 12.2. The summed E-state index contributed by atoms with van der Waals surface area (Å²) in [5, 5.41) is 0. The Morgan fingerprint density at radius 1 is 1.04 bits per heavy atom. The first-order valence-electron chi connectivity index (χ1n) is 7.53. The fraction of sp³-hybridized carbons (Fsp3) is 0.353. The topological polar surface area (TPSA) is 76.2 Å². The van der Waals surface area contributed by atoms with Crippen molar-refractivity contribution in [1.29, 1.82) is 0 Å². The quantitative estimate of drug-likeness (QED) is 0.608. The van der Waals surface area contributed by atoms with Gasteiger partial charge in [-0.15, -0.1) is 0 Å². The molecular formula is C17H20N2O5. The number of imide groups is 2. The van der Waals surface area contributed by atoms with Gasteiger partial charge in [-0.05, 0) is 30.2 Å². The predicted octanol–water partition coefficient (Wildman–Crippen LogP) is 1.92. The fourth-order valence-electron chi connectivity index (χ4n) is 2.25. The van der Waals surface area contributed by atoms with Crippen LogP contribution in [0.25, 0.3) is 6.08 Å². The van der Waals surface area contributed by atoms with Crippen LogP contribution in [0.4, 0.5) is 4.79 Å². The molecule has 7 nitrogen and oxygen atoms in total. The molecule has 0 atom stereocenters. The molecular weight excluding hydrogens is 312 g/mol. The van der Waals surface area contributed by atoms with E-state index in [4.69, 9.17) is 9.47 Å². The number of rotatable bonds is 5. The largest absolute Gasteiger partial charge is 0.493 e. The summed E-state index contributed by atoms with van der Waals surface area (Å²) in [6.45, 7) is 2.56. The zero-order valence-corrected chi connectivity index (χ0v) is 14.2. The van der Waals surface area contributed by atoms with Crippen molar-refractivity contribution in [2.24, 2.45) is 0 Å². The Labute approximate surface area is 140 Å². The van der Waals surface area contributed by atoms with Gasteiger partial charge < -0.3 is 9.47 Å². The summed E-state index contributed by atoms with van der Waals surface area (Å²) in [7, 11) is 4.19. The van der Waals surface area contributed by atoms with E-state index in [2.05, 4.69) is 0 Å². The Hall–Kier alpha value is -2.83. The van der Waals surface area contributed by atoms with E-state index in [0.717, 1.165) is 16.2 Å². The van der Waals surface area contributed by atoms with E-state index in [1.165, 1.54) is 27.3 Å². The number of ether oxygens (including phenoxy) is 2. The van der Waals surface area contributed by atoms with E-state index < -0.39 is 17.8 Å². The standard InChI is InChI=1S/C17H20N2O5/c1-5-8-24-13-7-6-11(10-14(13)23-4)9-12-15(20)18(2)17(22)19(3)16(12)21/h6-7,9-10H,5,8H2,1-4H3. The van der Waals surface area contributed by atoms with Crippen LogP contribution in [-0.2, 0) is 9.59 Å². The number of benzene rings is 1. The molecule has 7 heteroatoms. The second-order valence-corrected chi connectivity index (χ2v) is 5.33. The molecule has 1 saturated heterocycles. The highest BCUT2D eigenvalue weighted by Crippen LogP contribution is 2.29. The molecule has 0 N–H and O–H groups in total. The van der Waals surface area contributed by atoms with Gasteiger partial charge in [0.15, 0.2) is 11.5 Å². The van der Waals surface area contributed by atoms with Crippen LogP contribution in [0.3, 0.4) is 0 Å². The number of barbiturate groups is 1. The highest BCUT2D eigenvalue weighted by molar-refractivity contribution is 6.30. The molecule has 4 amide bonds. The van der Waals surface area contributed by atoms with Crippen molar-refractivity contribution in [3.05, 3.63) is 29.3 Å². The van der Waals surface area contributed by atoms with Gasteiger partial charge in [0.25, 0.3) is 11.8 Å². The van der Waals surface area contributed by atoms with Gasteiger partial charge >= 0.3 is 6.03 Å². The number of amides is 4. The Kier molecular flexibility index (Phi) is 5.23. The summed E-state index contributed by atoms with van der Waals surface area (Å²) in [6.07, 6.45) is 2.31. The third kappa shape index (κ3) is 3.24. The molecule has 0 aromatic heterocycles. The highest BCUT2D eigenvalue weighted by Gasteiger charge is 2.37. The van der Waals surface area contributed by atoms with E-state index in [1.807, 2.05) is 6.92 Å². The first-order valence-corrected chi connectivity index (χ1v) is 7.53. The van der Waals surface area contributed by atoms with Crippen LogP contribution in [0.2, 0.25) is 0 Å². The van der Waals surface area contributed by atoms with Crippen molar-refractivity contribution in [1.82, 2.24) is 9.80 Å². The number of methoxy groups -OCH3 is 1. The molecule has 0 spiro atoms. The van der Waals surface area contributed by atoms with Gasteiger partial charge in [-0.25, -0.2) is 4.79 Å². The van der Waals surface area contributed by atoms with Gasteiger partial charge in [0, 0.05) is 14.1 Å². The molecule has 1 fully saturated rings. The minimum absolute atomic E-state index is 0.0797. The molecule has 0 radical (unpaired) electrons. The van der Waals surface area contributed by atoms with E-state index >= 15 is 0 Å². The number of hydrogen-bond acceptors (Lipinski definition) is 5. The van der Waals surface area contributed by atoms with Crippen LogP contribution in [-0.4, -0.2) is 55.5 Å². The molecule has 128 valence electrons. The lowest BCUT2D eigenvalue weighted by molar-refractivity contribution is -0.134. The summed E-state index contributed by atoms with van der Waals surface area (Å²) in [5.74, 6) is -0.166. The minimum atomic E-state index is -0.650. The van der Waals surface area contributed by atoms with Crippen molar-refractivity contribution in [2.75, 3.05) is 27.8 Å². The summed E-state index contributed by atoms with van der Waals surface area (Å²) in [6, 6.07) is 4.46. The molecule has 0 bridgehead atoms. The second-order valence-electron chi connectivity index (χ2n) is 5.33. The molecule has 1 heterocycles. The van der Waals surface area contributed by atoms with Crippen molar-refractivity contribution >= 4 is 23.9 Å². The molecule has 24 heavy (non-hydrogen) atoms. The number of urea groups is 1. The van der Waals surface area contributed by atoms with Gasteiger partial charge in [-0.3, -0.25) is 19.4 Å². The Balaban J connectivity index is 2.37. The number of carbonyl (C=O) groups is 3. The van der Waals surface area contributed by atoms with Gasteiger partial charge in [0.05, 0.1) is 13.7 Å². The van der Waals surface area contributed by atoms with E-state index in [1.54, 1.807) is 18.2 Å². The lowest BCUT2D eigenvalue weighted by Gasteiger charge is -2.28. The first-order chi connectivity index (χ1) is 11.4. The van der Waals surface area contributed by atoms with Crippen molar-refractivity contribution in [2.45, 2.75) is 13.3 Å². The maximum atomic E-state index is 12.2. The van der Waals surface area contributed by atoms with E-state index in [9.17, 15) is 14.4 Å². The van der Waals surface area contributed by atoms with Crippen LogP contribution in [0.15, 0.2) is 23.8 Å². The molecule has 1 aliphatic rings. The molecule has 0 unspecified atom stereocenters. The molecule has 2 rings (SSSR count). The number of nitrogens with zero attached hydrogens (tertiary/aromatic N) is 2. The summed E-state index contributed by atoms with van der Waals surface area (Å²) < 4.78 is 10.9. The van der Waals surface area contributed by atoms with Gasteiger partial charge in [-0.2, -0.15) is 0 Å². The molecule has 1 aromatic rings. The maximum Gasteiger partial charge on any atom is 0.333 e. The third-order valence-electron chi connectivity index (χ3n) is 3.60. The van der Waals surface area contributed by atoms with E-state index in [0.29, 0.717) is 23.7 Å². The Morgan fingerprint density at radius 2 is 1.67 bits per heavy atom. The number of hydrogen-bond donors (Lipinski definition) is 0. The summed E-state index contributed by atoms with van der Waals surface area (Å²) in [4.78, 5) is 37.9. The molecule has 0 aliphatic carbocycles. The lowest BCUT2D eigenvalue weighted by atomic mass is 10.1. The number of likely N-dealkylation sites (N-methyl/N-ethyl adjacent to an activating group) is 2. The van der Waals surface area contributed by atoms with Gasteiger partial charge in [0.2, 0.25) is 0 Å². The summed E-state index contributed by atoms with van der Waals surface area (Å²) >= 11 is 0. The smallest absolute Gasteiger partial charge is 0.333 e. The normalized spacial score (nSPS) is 15.0. The van der Waals surface area contributed by atoms with Crippen molar-refractivity contribution < 1.29 is 23.9 Å². The number of carbonyl (C=O) groups excluding carboxylic acids is 3. The zero-order chi connectivity index (χ0) is 17.9. The average molecular weight is 332 g/mol. The lowest BCUT2D eigenvalue weighted by Crippen LogP contribution is -2.52. The average Bonchev–Trinajstić information content (AvgIpc) is 2.60. The van der Waals surface area contributed by atoms with Crippen molar-refractivity contribution in [3.63, 3.8) is 0 Å². The monoisotopic (exact) mass is 332 g/mol. The second kappa shape index (κ2) is 7.16. The Bertz CT molecular complexity index is 685. The third-order valence-corrected chi connectivity index (χ3v) is 3.60. The van der Waals surface area contributed by atoms with Crippen LogP contribution in [0.1, 0.15) is 18.9 Å². The van der Waals surface area contributed by atoms with Gasteiger partial charge in [-0.1, -0.05) is 13.0 Å². The summed E-state index contributed by atoms with van der Waals surface area (Å²) in [5.41, 5.74) is 0.521. The molecule has 1 aromatic carbocycles. The Morgan fingerprint density at radius 3 is 2.21 bits per heavy atom. The van der Waals surface area contributed by atoms with Crippen LogP contribution >= 0.6 is 0 Å². The molecule has 0 saturated carbocycles. The van der Waals surface area contributed by atoms with Gasteiger partial charge in [0.1, 0.15) is 5.57 Å². The van der Waals surface area contributed by atoms with Crippen LogP contribution in [0, 0.1) is 0 Å². The minimum Gasteiger partial charge on any atom is -0.493 e. The van der Waals surface area contributed by atoms with Crippen LogP contribution < -0.4 is 9.47 Å². The molecule has 1 aliphatic heterocycles. The van der Waals surface area contributed by atoms with Crippen molar-refractivity contribution in [3.8, 4) is 11.5 Å². The first kappa shape index (κ1) is 17.5. The van der Waals surface area contributed by atoms with E-state index in [-0.39, 0.29) is 5.57 Å². The fourth-order valence-corrected chi connectivity index (χ4v) is 2.25. The SMILES string of the molecule is CCCOc1ccc(C=C2C(=O)N(C)C(=O)N(C)C2=O)cc1OC. The highest BCUT2D eigenvalue weighted by atomic mass is 16.5. The predicted molar refractivity (Wildman–Crippen MR) is 87.7 cm³/mol. The zero-order valence-electron chi connectivity index (χ0n) is 14.2. The van der Waals surface area contributed by atoms with Crippen LogP contribution in [0.5, 0.6) is 11.5 Å².